The first-order chi connectivity index (χ1) is 19.4. The Morgan fingerprint density at radius 2 is 0.818 bits per heavy atom. The number of hydrogen-bond acceptors (Lipinski definition) is 2. The normalized spacial score (nSPS) is 15.1. The van der Waals surface area contributed by atoms with Gasteiger partial charge in [-0.15, -0.1) is 0 Å². The summed E-state index contributed by atoms with van der Waals surface area (Å²) in [6.07, 6.45) is -6.36. The highest BCUT2D eigenvalue weighted by Gasteiger charge is 2.96. The lowest BCUT2D eigenvalue weighted by Crippen LogP contribution is -2.74. The number of rotatable bonds is 20. The highest BCUT2D eigenvalue weighted by molar-refractivity contribution is 5.71. The Bertz CT molecular complexity index is 917. The zero-order chi connectivity index (χ0) is 35.3. The standard InChI is InChI=1S/C24H33F17NO2/c1-4-5-6-7-8-9-10-11-12-13-14-42(2,3)15-16(43)44-24(40,41)22(35,36)20(31,32)18(27,28)17(25,26)19(29,30)21(33,34)23(37,38)39/h4-15H2,1-3H3/q+1. The Labute approximate surface area is 241 Å². The molecule has 0 aromatic rings. The first-order valence-corrected chi connectivity index (χ1v) is 13.2. The van der Waals surface area contributed by atoms with Crippen molar-refractivity contribution < 1.29 is 88.7 Å². The van der Waals surface area contributed by atoms with Crippen LogP contribution >= 0.6 is 0 Å². The number of likely N-dealkylation sites (N-methyl/N-ethyl adjacent to an activating group) is 1. The van der Waals surface area contributed by atoms with Crippen LogP contribution in [0.15, 0.2) is 0 Å². The third kappa shape index (κ3) is 8.73. The lowest BCUT2D eigenvalue weighted by atomic mass is 9.90. The highest BCUT2D eigenvalue weighted by atomic mass is 19.4. The average Bonchev–Trinajstić information content (AvgIpc) is 2.82. The van der Waals surface area contributed by atoms with Gasteiger partial charge in [0, 0.05) is 0 Å². The number of esters is 1. The molecule has 0 radical (unpaired) electrons. The van der Waals surface area contributed by atoms with Crippen LogP contribution in [0.25, 0.3) is 0 Å². The van der Waals surface area contributed by atoms with E-state index in [0.29, 0.717) is 19.3 Å². The number of ether oxygens (including phenoxy) is 1. The van der Waals surface area contributed by atoms with Crippen LogP contribution in [-0.4, -0.2) is 85.5 Å². The van der Waals surface area contributed by atoms with E-state index >= 15 is 0 Å². The maximum Gasteiger partial charge on any atom is 0.473 e. The zero-order valence-electron chi connectivity index (χ0n) is 23.7. The zero-order valence-corrected chi connectivity index (χ0v) is 23.7. The van der Waals surface area contributed by atoms with Gasteiger partial charge < -0.3 is 9.22 Å². The molecule has 0 aliphatic rings. The van der Waals surface area contributed by atoms with Gasteiger partial charge >= 0.3 is 53.8 Å². The maximum atomic E-state index is 13.9. The molecule has 0 heterocycles. The van der Waals surface area contributed by atoms with Gasteiger partial charge in [0.05, 0.1) is 20.6 Å². The fraction of sp³-hybridized carbons (Fsp3) is 0.958. The number of halogens is 17. The van der Waals surface area contributed by atoms with Gasteiger partial charge in [0.2, 0.25) is 0 Å². The van der Waals surface area contributed by atoms with Gasteiger partial charge in [-0.1, -0.05) is 58.3 Å². The molecule has 264 valence electrons. The van der Waals surface area contributed by atoms with Crippen molar-refractivity contribution in [3.63, 3.8) is 0 Å². The summed E-state index contributed by atoms with van der Waals surface area (Å²) < 4.78 is 229. The quantitative estimate of drug-likeness (QED) is 0.0551. The number of nitrogens with zero attached hydrogens (tertiary/aromatic N) is 1. The molecular formula is C24H33F17NO2+. The minimum atomic E-state index is -8.74. The van der Waals surface area contributed by atoms with Crippen LogP contribution in [0.2, 0.25) is 0 Å². The SMILES string of the molecule is CCCCCCCCCCCC[N+](C)(C)CC(=O)OC(F)(F)C(F)(F)C(F)(F)C(F)(F)C(F)(F)C(F)(F)C(F)(F)C(F)(F)F. The molecule has 0 aliphatic carbocycles. The molecule has 0 aromatic heterocycles. The lowest BCUT2D eigenvalue weighted by molar-refractivity contribution is -0.883. The van der Waals surface area contributed by atoms with Crippen molar-refractivity contribution >= 4 is 5.97 Å². The van der Waals surface area contributed by atoms with Gasteiger partial charge in [0.1, 0.15) is 0 Å². The van der Waals surface area contributed by atoms with Crippen LogP contribution in [-0.2, 0) is 9.53 Å². The van der Waals surface area contributed by atoms with Crippen LogP contribution in [0.5, 0.6) is 0 Å². The molecule has 0 saturated heterocycles. The highest BCUT2D eigenvalue weighted by Crippen LogP contribution is 2.64. The second-order valence-electron chi connectivity index (χ2n) is 10.9. The fourth-order valence-corrected chi connectivity index (χ4v) is 3.84. The second-order valence-corrected chi connectivity index (χ2v) is 10.9. The van der Waals surface area contributed by atoms with Gasteiger partial charge in [-0.25, -0.2) is 4.79 Å². The third-order valence-electron chi connectivity index (χ3n) is 6.61. The minimum Gasteiger partial charge on any atom is -0.392 e. The predicted octanol–water partition coefficient (Wildman–Crippen LogP) is 9.49. The van der Waals surface area contributed by atoms with Crippen molar-refractivity contribution in [2.45, 2.75) is 119 Å². The Morgan fingerprint density at radius 3 is 1.18 bits per heavy atom. The van der Waals surface area contributed by atoms with Crippen molar-refractivity contribution in [3.8, 4) is 0 Å². The molecule has 0 aromatic carbocycles. The number of unbranched alkanes of at least 4 members (excludes halogenated alkanes) is 9. The van der Waals surface area contributed by atoms with E-state index in [4.69, 9.17) is 0 Å². The second kappa shape index (κ2) is 14.3. The Kier molecular flexibility index (Phi) is 13.8. The van der Waals surface area contributed by atoms with Crippen LogP contribution < -0.4 is 0 Å². The average molecular weight is 690 g/mol. The smallest absolute Gasteiger partial charge is 0.392 e. The van der Waals surface area contributed by atoms with Crippen LogP contribution in [0.1, 0.15) is 71.1 Å². The monoisotopic (exact) mass is 690 g/mol. The molecule has 0 aliphatic heterocycles. The summed E-state index contributed by atoms with van der Waals surface area (Å²) in [5.41, 5.74) is 0. The molecule has 44 heavy (non-hydrogen) atoms. The van der Waals surface area contributed by atoms with Gasteiger partial charge in [0.15, 0.2) is 6.54 Å². The Morgan fingerprint density at radius 1 is 0.500 bits per heavy atom. The van der Waals surface area contributed by atoms with E-state index in [-0.39, 0.29) is 6.54 Å². The molecule has 0 rings (SSSR count). The molecule has 0 fully saturated rings. The molecular weight excluding hydrogens is 657 g/mol. The third-order valence-corrected chi connectivity index (χ3v) is 6.61. The predicted molar refractivity (Wildman–Crippen MR) is 120 cm³/mol. The first kappa shape index (κ1) is 42.2. The number of quaternary nitrogens is 1. The van der Waals surface area contributed by atoms with E-state index < -0.39 is 64.8 Å². The maximum absolute atomic E-state index is 13.9. The number of carbonyl (C=O) groups excluding carboxylic acids is 1. The molecule has 0 spiro atoms. The fourth-order valence-electron chi connectivity index (χ4n) is 3.84. The van der Waals surface area contributed by atoms with Crippen LogP contribution in [0.3, 0.4) is 0 Å². The summed E-state index contributed by atoms with van der Waals surface area (Å²) in [6.45, 7) is 0.701. The summed E-state index contributed by atoms with van der Waals surface area (Å²) in [7, 11) is 2.27. The summed E-state index contributed by atoms with van der Waals surface area (Å²) in [4.78, 5) is 11.8. The van der Waals surface area contributed by atoms with E-state index in [1.165, 1.54) is 0 Å². The minimum absolute atomic E-state index is 0.0312. The Hall–Kier alpha value is -1.76. The Balaban J connectivity index is 5.58. The van der Waals surface area contributed by atoms with Gasteiger partial charge in [-0.05, 0) is 12.8 Å². The summed E-state index contributed by atoms with van der Waals surface area (Å²) in [5.74, 6) is -53.3. The molecule has 0 atom stereocenters. The van der Waals surface area contributed by atoms with Gasteiger partial charge in [0.25, 0.3) is 0 Å². The molecule has 0 saturated carbocycles. The van der Waals surface area contributed by atoms with Crippen molar-refractivity contribution in [1.82, 2.24) is 0 Å². The molecule has 0 bridgehead atoms. The summed E-state index contributed by atoms with van der Waals surface area (Å²) in [5, 5.41) is 0. The van der Waals surface area contributed by atoms with Crippen molar-refractivity contribution in [3.05, 3.63) is 0 Å². The van der Waals surface area contributed by atoms with E-state index in [2.05, 4.69) is 11.7 Å². The van der Waals surface area contributed by atoms with Crippen LogP contribution in [0, 0.1) is 0 Å². The van der Waals surface area contributed by atoms with E-state index in [1.807, 2.05) is 0 Å². The lowest BCUT2D eigenvalue weighted by Gasteiger charge is -2.42. The van der Waals surface area contributed by atoms with Crippen LogP contribution in [0.4, 0.5) is 74.6 Å². The molecule has 3 nitrogen and oxygen atoms in total. The van der Waals surface area contributed by atoms with E-state index in [1.54, 1.807) is 0 Å². The van der Waals surface area contributed by atoms with Gasteiger partial charge in [-0.2, -0.15) is 74.6 Å². The summed E-state index contributed by atoms with van der Waals surface area (Å²) in [6, 6.07) is 0. The van der Waals surface area contributed by atoms with E-state index in [9.17, 15) is 79.4 Å². The topological polar surface area (TPSA) is 26.3 Å². The molecule has 20 heteroatoms. The first-order valence-electron chi connectivity index (χ1n) is 13.2. The van der Waals surface area contributed by atoms with Crippen molar-refractivity contribution in [1.29, 1.82) is 0 Å². The number of carbonyl (C=O) groups is 1. The largest absolute Gasteiger partial charge is 0.473 e. The van der Waals surface area contributed by atoms with E-state index in [0.717, 1.165) is 59.0 Å². The molecule has 0 amide bonds. The number of alkyl halides is 17. The number of hydrogen-bond donors (Lipinski definition) is 0. The van der Waals surface area contributed by atoms with Crippen molar-refractivity contribution in [2.24, 2.45) is 0 Å². The van der Waals surface area contributed by atoms with Gasteiger partial charge in [-0.3, -0.25) is 0 Å². The molecule has 0 N–H and O–H groups in total. The van der Waals surface area contributed by atoms with Crippen molar-refractivity contribution in [2.75, 3.05) is 27.2 Å². The molecule has 0 unspecified atom stereocenters. The summed E-state index contributed by atoms with van der Waals surface area (Å²) >= 11 is 0.